The Morgan fingerprint density at radius 1 is 0.400 bits per heavy atom. The number of ether oxygens (including phenoxy) is 1. The fourth-order valence-electron chi connectivity index (χ4n) is 7.66. The third kappa shape index (κ3) is 11.0. The van der Waals surface area contributed by atoms with E-state index < -0.39 is 63.0 Å². The molecule has 7 aromatic carbocycles. The van der Waals surface area contributed by atoms with Crippen LogP contribution in [0.4, 0.5) is 52.7 Å². The molecule has 0 atom stereocenters. The molecule has 0 unspecified atom stereocenters. The molecule has 65 heavy (non-hydrogen) atoms. The third-order valence-electron chi connectivity index (χ3n) is 10.8. The Hall–Kier alpha value is -6.29. The summed E-state index contributed by atoms with van der Waals surface area (Å²) in [5.41, 5.74) is -3.26. The molecule has 0 heterocycles. The molecule has 0 aliphatic rings. The summed E-state index contributed by atoms with van der Waals surface area (Å²) in [7, 11) is -2.37. The number of halogens is 12. The van der Waals surface area contributed by atoms with Crippen LogP contribution in [0.25, 0.3) is 0 Å². The normalized spacial score (nSPS) is 12.6. The van der Waals surface area contributed by atoms with Gasteiger partial charge in [0.1, 0.15) is 17.6 Å². The maximum atomic E-state index is 13.9. The molecule has 0 bridgehead atoms. The van der Waals surface area contributed by atoms with Crippen molar-refractivity contribution in [3.8, 4) is 5.75 Å². The van der Waals surface area contributed by atoms with Crippen LogP contribution in [0.5, 0.6) is 5.75 Å². The van der Waals surface area contributed by atoms with Gasteiger partial charge < -0.3 is 4.74 Å². The molecule has 0 amide bonds. The van der Waals surface area contributed by atoms with Gasteiger partial charge in [0.05, 0.1) is 28.9 Å². The molecule has 0 N–H and O–H groups in total. The van der Waals surface area contributed by atoms with E-state index in [9.17, 15) is 56.9 Å². The Labute approximate surface area is 367 Å². The molecule has 0 aliphatic heterocycles. The Bertz CT molecular complexity index is 2390. The van der Waals surface area contributed by atoms with Crippen LogP contribution in [-0.2, 0) is 44.6 Å². The highest BCUT2D eigenvalue weighted by Crippen LogP contribution is 2.35. The summed E-state index contributed by atoms with van der Waals surface area (Å²) in [6.07, 6.45) is -22.0. The van der Waals surface area contributed by atoms with Crippen molar-refractivity contribution in [3.63, 3.8) is 0 Å². The van der Waals surface area contributed by atoms with Crippen LogP contribution in [0.2, 0.25) is 0 Å². The molecular formula is C49H37BF12O2S. The zero-order valence-corrected chi connectivity index (χ0v) is 34.9. The first-order chi connectivity index (χ1) is 30.6. The molecule has 0 aliphatic carbocycles. The van der Waals surface area contributed by atoms with Gasteiger partial charge in [-0.1, -0.05) is 150 Å². The molecule has 7 aromatic rings. The summed E-state index contributed by atoms with van der Waals surface area (Å²) in [4.78, 5) is 1.73. The van der Waals surface area contributed by atoms with Crippen LogP contribution >= 0.6 is 0 Å². The molecule has 0 saturated carbocycles. The highest BCUT2D eigenvalue weighted by Gasteiger charge is 2.39. The van der Waals surface area contributed by atoms with E-state index in [-0.39, 0.29) is 21.9 Å². The Balaban J connectivity index is 0.000000247. The Morgan fingerprint density at radius 2 is 0.677 bits per heavy atom. The second kappa shape index (κ2) is 19.1. The molecule has 7 rings (SSSR count). The minimum absolute atomic E-state index is 0.0114. The predicted molar refractivity (Wildman–Crippen MR) is 229 cm³/mol. The van der Waals surface area contributed by atoms with Gasteiger partial charge >= 0.3 is 24.7 Å². The standard InChI is InChI=1S/C28H16BF12.C21H21O2S/c30-25(31,32)17-1-9-21(10-2-17)29(22-11-3-18(4-12-22)26(33,34)35,23-13-5-19(6-14-23)27(36,37)38)24-15-7-20(8-16-24)28(39,40)41;1-2-23-19-15-13-18(14-16-19)17-24(22,20-9-5-3-6-10-20)21-11-7-4-8-12-21/h1-16H;3-16H,2,17H2,1H3/q-1;+1. The van der Waals surface area contributed by atoms with Crippen molar-refractivity contribution in [2.24, 2.45) is 0 Å². The van der Waals surface area contributed by atoms with Gasteiger partial charge in [-0.2, -0.15) is 74.5 Å². The topological polar surface area (TPSA) is 26.3 Å². The van der Waals surface area contributed by atoms with Crippen molar-refractivity contribution in [2.75, 3.05) is 6.61 Å². The maximum Gasteiger partial charge on any atom is 0.416 e. The van der Waals surface area contributed by atoms with Gasteiger partial charge in [0, 0.05) is 5.56 Å². The van der Waals surface area contributed by atoms with Crippen LogP contribution in [0.15, 0.2) is 192 Å². The van der Waals surface area contributed by atoms with E-state index in [4.69, 9.17) is 4.74 Å². The lowest BCUT2D eigenvalue weighted by Gasteiger charge is -2.44. The first-order valence-corrected chi connectivity index (χ1v) is 21.5. The number of hydrogen-bond acceptors (Lipinski definition) is 2. The van der Waals surface area contributed by atoms with Crippen molar-refractivity contribution in [2.45, 2.75) is 47.2 Å². The molecule has 2 nitrogen and oxygen atoms in total. The molecule has 0 fully saturated rings. The van der Waals surface area contributed by atoms with Crippen LogP contribution in [0.1, 0.15) is 34.7 Å². The molecule has 0 saturated heterocycles. The van der Waals surface area contributed by atoms with Crippen LogP contribution in [-0.4, -0.2) is 12.8 Å². The SMILES string of the molecule is CCOc1ccc(C[S+](=O)(c2ccccc2)c2ccccc2)cc1.FC(F)(F)c1ccc([B-](c2ccc(C(F)(F)F)cc2)(c2ccc(C(F)(F)F)cc2)c2ccc(C(F)(F)F)cc2)cc1. The lowest BCUT2D eigenvalue weighted by molar-refractivity contribution is -0.138. The highest BCUT2D eigenvalue weighted by atomic mass is 32.2. The minimum atomic E-state index is -4.77. The third-order valence-corrected chi connectivity index (χ3v) is 13.6. The van der Waals surface area contributed by atoms with Gasteiger partial charge in [-0.15, -0.1) is 0 Å². The summed E-state index contributed by atoms with van der Waals surface area (Å²) < 4.78 is 179. The zero-order chi connectivity index (χ0) is 47.3. The average Bonchev–Trinajstić information content (AvgIpc) is 3.28. The second-order valence-electron chi connectivity index (χ2n) is 14.9. The zero-order valence-electron chi connectivity index (χ0n) is 34.1. The molecule has 0 spiro atoms. The van der Waals surface area contributed by atoms with Crippen molar-refractivity contribution in [1.82, 2.24) is 0 Å². The van der Waals surface area contributed by atoms with E-state index >= 15 is 0 Å². The number of benzene rings is 7. The van der Waals surface area contributed by atoms with E-state index in [1.165, 1.54) is 0 Å². The molecule has 0 radical (unpaired) electrons. The molecular weight excluding hydrogens is 891 g/mol. The van der Waals surface area contributed by atoms with Crippen LogP contribution in [0.3, 0.4) is 0 Å². The lowest BCUT2D eigenvalue weighted by atomic mass is 9.13. The lowest BCUT2D eigenvalue weighted by Crippen LogP contribution is -2.74. The minimum Gasteiger partial charge on any atom is -0.494 e. The monoisotopic (exact) mass is 928 g/mol. The largest absolute Gasteiger partial charge is 0.494 e. The number of hydrogen-bond donors (Lipinski definition) is 0. The summed E-state index contributed by atoms with van der Waals surface area (Å²) in [6.45, 7) is 2.61. The summed E-state index contributed by atoms with van der Waals surface area (Å²) in [5.74, 6) is 1.32. The van der Waals surface area contributed by atoms with Crippen molar-refractivity contribution < 1.29 is 61.6 Å². The molecule has 0 aromatic heterocycles. The summed E-state index contributed by atoms with van der Waals surface area (Å²) >= 11 is 0. The van der Waals surface area contributed by atoms with Gasteiger partial charge in [-0.3, -0.25) is 0 Å². The average molecular weight is 929 g/mol. The van der Waals surface area contributed by atoms with E-state index in [1.807, 2.05) is 91.9 Å². The fraction of sp³-hybridized carbons (Fsp3) is 0.143. The number of alkyl halides is 12. The van der Waals surface area contributed by atoms with E-state index in [0.717, 1.165) is 69.6 Å². The van der Waals surface area contributed by atoms with Crippen molar-refractivity contribution >= 4 is 37.9 Å². The van der Waals surface area contributed by atoms with Crippen molar-refractivity contribution in [1.29, 1.82) is 0 Å². The van der Waals surface area contributed by atoms with Gasteiger partial charge in [-0.25, -0.2) is 0 Å². The first-order valence-electron chi connectivity index (χ1n) is 19.8. The first kappa shape index (κ1) is 48.2. The van der Waals surface area contributed by atoms with E-state index in [1.54, 1.807) is 0 Å². The van der Waals surface area contributed by atoms with Gasteiger partial charge in [0.2, 0.25) is 0 Å². The van der Waals surface area contributed by atoms with E-state index in [2.05, 4.69) is 0 Å². The fourth-order valence-corrected chi connectivity index (χ4v) is 10.1. The van der Waals surface area contributed by atoms with Crippen LogP contribution in [0, 0.1) is 0 Å². The maximum absolute atomic E-state index is 13.9. The quantitative estimate of drug-likeness (QED) is 0.0776. The predicted octanol–water partition coefficient (Wildman–Crippen LogP) is 12.3. The Kier molecular flexibility index (Phi) is 14.1. The summed E-state index contributed by atoms with van der Waals surface area (Å²) in [6, 6.07) is 40.9. The highest BCUT2D eigenvalue weighted by molar-refractivity contribution is 8.02. The number of rotatable bonds is 10. The van der Waals surface area contributed by atoms with Crippen LogP contribution < -0.4 is 26.6 Å². The molecule has 338 valence electrons. The second-order valence-corrected chi connectivity index (χ2v) is 17.4. The van der Waals surface area contributed by atoms with Gasteiger partial charge in [0.15, 0.2) is 19.7 Å². The smallest absolute Gasteiger partial charge is 0.416 e. The van der Waals surface area contributed by atoms with E-state index in [0.29, 0.717) is 60.9 Å². The van der Waals surface area contributed by atoms with Gasteiger partial charge in [0.25, 0.3) is 0 Å². The van der Waals surface area contributed by atoms with Crippen molar-refractivity contribution in [3.05, 3.63) is 210 Å². The molecule has 16 heteroatoms. The van der Waals surface area contributed by atoms with Gasteiger partial charge in [-0.05, 0) is 43.3 Å². The summed E-state index contributed by atoms with van der Waals surface area (Å²) in [5, 5.41) is 0. The Morgan fingerprint density at radius 3 is 0.923 bits per heavy atom.